The molecule has 2 aromatic heterocycles. The summed E-state index contributed by atoms with van der Waals surface area (Å²) in [6, 6.07) is 10.9. The minimum absolute atomic E-state index is 0.0329. The van der Waals surface area contributed by atoms with Gasteiger partial charge in [0.05, 0.1) is 11.3 Å². The number of nitrogen functional groups attached to an aromatic ring is 1. The van der Waals surface area contributed by atoms with Crippen LogP contribution in [0.2, 0.25) is 0 Å². The number of rotatable bonds is 9. The molecule has 0 saturated heterocycles. The number of carbonyl (C=O) groups is 1. The van der Waals surface area contributed by atoms with Crippen molar-refractivity contribution in [3.63, 3.8) is 0 Å². The quantitative estimate of drug-likeness (QED) is 0.150. The van der Waals surface area contributed by atoms with Crippen molar-refractivity contribution in [1.82, 2.24) is 14.8 Å². The molecule has 0 unspecified atom stereocenters. The van der Waals surface area contributed by atoms with Crippen molar-refractivity contribution < 1.29 is 31.8 Å². The summed E-state index contributed by atoms with van der Waals surface area (Å²) in [6.45, 7) is -4.05. The van der Waals surface area contributed by atoms with Crippen LogP contribution >= 0.6 is 0 Å². The Morgan fingerprint density at radius 1 is 1.05 bits per heavy atom. The molecule has 9 nitrogen and oxygen atoms in total. The number of aliphatic imine (C=N–C) groups is 1. The summed E-state index contributed by atoms with van der Waals surface area (Å²) in [5, 5.41) is 4.32. The molecule has 0 bridgehead atoms. The molecule has 196 valence electrons. The first-order chi connectivity index (χ1) is 18.2. The van der Waals surface area contributed by atoms with Crippen LogP contribution < -0.4 is 20.8 Å². The predicted molar refractivity (Wildman–Crippen MR) is 132 cm³/mol. The zero-order valence-electron chi connectivity index (χ0n) is 19.6. The van der Waals surface area contributed by atoms with Crippen molar-refractivity contribution in [3.05, 3.63) is 70.0 Å². The lowest BCUT2D eigenvalue weighted by Crippen LogP contribution is -2.24. The van der Waals surface area contributed by atoms with E-state index in [0.29, 0.717) is 17.5 Å². The standard InChI is InChI=1S/C25H19F4N5O4/c1-31-10-14-8-16(4-7-18(14)30)34-24(36)21(13-2-5-17(6-3-13)38-25(28)29)23-22(33-34)15(11-35)9-20(32-23)37-12-19(26)27/h2-11,19,25H,12,30H2,1H3. The molecule has 4 rings (SSSR count). The van der Waals surface area contributed by atoms with Gasteiger partial charge in [-0.1, -0.05) is 12.1 Å². The van der Waals surface area contributed by atoms with Crippen LogP contribution in [0.3, 0.4) is 0 Å². The Morgan fingerprint density at radius 3 is 2.42 bits per heavy atom. The minimum atomic E-state index is -3.06. The Kier molecular flexibility index (Phi) is 7.65. The van der Waals surface area contributed by atoms with E-state index in [-0.39, 0.29) is 45.0 Å². The third-order valence-corrected chi connectivity index (χ3v) is 5.28. The number of nitrogens with zero attached hydrogens (tertiary/aromatic N) is 4. The molecule has 13 heteroatoms. The number of pyridine rings is 1. The van der Waals surface area contributed by atoms with Gasteiger partial charge in [0.2, 0.25) is 5.88 Å². The molecule has 0 aliphatic heterocycles. The largest absolute Gasteiger partial charge is 0.472 e. The van der Waals surface area contributed by atoms with Crippen LogP contribution in [0.1, 0.15) is 15.9 Å². The third kappa shape index (κ3) is 5.45. The van der Waals surface area contributed by atoms with Gasteiger partial charge < -0.3 is 15.2 Å². The van der Waals surface area contributed by atoms with Gasteiger partial charge in [-0.05, 0) is 35.9 Å². The van der Waals surface area contributed by atoms with Gasteiger partial charge in [-0.2, -0.15) is 18.6 Å². The molecule has 2 N–H and O–H groups in total. The molecule has 0 aliphatic carbocycles. The predicted octanol–water partition coefficient (Wildman–Crippen LogP) is 4.14. The van der Waals surface area contributed by atoms with E-state index in [0.717, 1.165) is 10.7 Å². The van der Waals surface area contributed by atoms with Gasteiger partial charge in [-0.25, -0.2) is 13.8 Å². The highest BCUT2D eigenvalue weighted by atomic mass is 19.3. The Balaban J connectivity index is 2.02. The molecule has 38 heavy (non-hydrogen) atoms. The van der Waals surface area contributed by atoms with E-state index < -0.39 is 25.2 Å². The smallest absolute Gasteiger partial charge is 0.387 e. The SMILES string of the molecule is CN=Cc1cc(-n2nc3c(C=O)cc(OCC(F)F)nc3c(-c3ccc(OC(F)F)cc3)c2=O)ccc1N. The normalized spacial score (nSPS) is 11.6. The highest BCUT2D eigenvalue weighted by Crippen LogP contribution is 2.29. The van der Waals surface area contributed by atoms with Crippen LogP contribution in [0.5, 0.6) is 11.6 Å². The summed E-state index contributed by atoms with van der Waals surface area (Å²) in [7, 11) is 1.54. The number of aromatic nitrogens is 3. The molecule has 2 heterocycles. The maximum absolute atomic E-state index is 13.8. The maximum atomic E-state index is 13.8. The number of alkyl halides is 4. The minimum Gasteiger partial charge on any atom is -0.472 e. The van der Waals surface area contributed by atoms with Gasteiger partial charge in [0.1, 0.15) is 16.8 Å². The average Bonchev–Trinajstić information content (AvgIpc) is 2.88. The highest BCUT2D eigenvalue weighted by Gasteiger charge is 2.21. The Bertz CT molecular complexity index is 1570. The summed E-state index contributed by atoms with van der Waals surface area (Å²) in [4.78, 5) is 33.8. The summed E-state index contributed by atoms with van der Waals surface area (Å²) in [5.74, 6) is -0.487. The van der Waals surface area contributed by atoms with E-state index in [1.807, 2.05) is 0 Å². The number of nitrogens with two attached hydrogens (primary N) is 1. The monoisotopic (exact) mass is 529 g/mol. The number of hydrogen-bond donors (Lipinski definition) is 1. The second kappa shape index (κ2) is 11.1. The fourth-order valence-corrected chi connectivity index (χ4v) is 3.66. The Morgan fingerprint density at radius 2 is 1.79 bits per heavy atom. The number of fused-ring (bicyclic) bond motifs is 1. The molecule has 2 aromatic carbocycles. The van der Waals surface area contributed by atoms with E-state index in [1.54, 1.807) is 19.2 Å². The lowest BCUT2D eigenvalue weighted by Gasteiger charge is -2.14. The Labute approximate surface area is 212 Å². The number of aldehydes is 1. The number of carbonyl (C=O) groups excluding carboxylic acids is 1. The van der Waals surface area contributed by atoms with E-state index in [1.165, 1.54) is 36.5 Å². The molecule has 4 aromatic rings. The van der Waals surface area contributed by atoms with E-state index >= 15 is 0 Å². The van der Waals surface area contributed by atoms with E-state index in [2.05, 4.69) is 19.8 Å². The van der Waals surface area contributed by atoms with Gasteiger partial charge in [0.25, 0.3) is 12.0 Å². The van der Waals surface area contributed by atoms with Crippen LogP contribution in [0, 0.1) is 0 Å². The molecule has 0 fully saturated rings. The van der Waals surface area contributed by atoms with Crippen molar-refractivity contribution in [2.75, 3.05) is 19.4 Å². The van der Waals surface area contributed by atoms with Gasteiger partial charge in [-0.15, -0.1) is 0 Å². The van der Waals surface area contributed by atoms with Crippen LogP contribution in [0.4, 0.5) is 23.2 Å². The zero-order chi connectivity index (χ0) is 27.4. The van der Waals surface area contributed by atoms with Crippen molar-refractivity contribution in [1.29, 1.82) is 0 Å². The van der Waals surface area contributed by atoms with Crippen LogP contribution in [0.15, 0.2) is 58.3 Å². The lowest BCUT2D eigenvalue weighted by molar-refractivity contribution is -0.0498. The second-order valence-corrected chi connectivity index (χ2v) is 7.76. The molecular formula is C25H19F4N5O4. The van der Waals surface area contributed by atoms with Crippen LogP contribution in [-0.4, -0.2) is 54.0 Å². The average molecular weight is 529 g/mol. The molecule has 0 saturated carbocycles. The summed E-state index contributed by atoms with van der Waals surface area (Å²) in [5.41, 5.74) is 6.31. The number of ether oxygens (including phenoxy) is 2. The summed E-state index contributed by atoms with van der Waals surface area (Å²) < 4.78 is 61.1. The zero-order valence-corrected chi connectivity index (χ0v) is 19.6. The number of hydrogen-bond acceptors (Lipinski definition) is 8. The van der Waals surface area contributed by atoms with Crippen LogP contribution in [-0.2, 0) is 0 Å². The van der Waals surface area contributed by atoms with Gasteiger partial charge in [0.15, 0.2) is 12.9 Å². The summed E-state index contributed by atoms with van der Waals surface area (Å²) in [6.07, 6.45) is -0.909. The highest BCUT2D eigenvalue weighted by molar-refractivity contribution is 6.00. The molecule has 0 atom stereocenters. The molecule has 0 spiro atoms. The van der Waals surface area contributed by atoms with Gasteiger partial charge in [0, 0.05) is 36.1 Å². The maximum Gasteiger partial charge on any atom is 0.387 e. The third-order valence-electron chi connectivity index (χ3n) is 5.28. The molecule has 0 radical (unpaired) electrons. The molecule has 0 aliphatic rings. The summed E-state index contributed by atoms with van der Waals surface area (Å²) >= 11 is 0. The fourth-order valence-electron chi connectivity index (χ4n) is 3.66. The van der Waals surface area contributed by atoms with Crippen LogP contribution in [0.25, 0.3) is 27.8 Å². The molecular weight excluding hydrogens is 510 g/mol. The van der Waals surface area contributed by atoms with Gasteiger partial charge in [-0.3, -0.25) is 14.6 Å². The van der Waals surface area contributed by atoms with Gasteiger partial charge >= 0.3 is 6.61 Å². The fraction of sp³-hybridized carbons (Fsp3) is 0.160. The number of halogens is 4. The number of benzene rings is 2. The van der Waals surface area contributed by atoms with Crippen molar-refractivity contribution in [2.24, 2.45) is 4.99 Å². The van der Waals surface area contributed by atoms with Crippen molar-refractivity contribution in [3.8, 4) is 28.4 Å². The first-order valence-corrected chi connectivity index (χ1v) is 10.9. The second-order valence-electron chi connectivity index (χ2n) is 7.76. The topological polar surface area (TPSA) is 122 Å². The van der Waals surface area contributed by atoms with E-state index in [9.17, 15) is 27.2 Å². The van der Waals surface area contributed by atoms with Crippen molar-refractivity contribution in [2.45, 2.75) is 13.0 Å². The Hall–Kier alpha value is -4.81. The molecule has 0 amide bonds. The first kappa shape index (κ1) is 26.3. The number of anilines is 1. The van der Waals surface area contributed by atoms with E-state index in [4.69, 9.17) is 10.5 Å². The first-order valence-electron chi connectivity index (χ1n) is 10.9. The van der Waals surface area contributed by atoms with Crippen molar-refractivity contribution >= 4 is 29.2 Å². The lowest BCUT2D eigenvalue weighted by atomic mass is 10.0.